The fraction of sp³-hybridized carbons (Fsp3) is 0.0500. The lowest BCUT2D eigenvalue weighted by Gasteiger charge is -2.13. The molecule has 0 saturated heterocycles. The lowest BCUT2D eigenvalue weighted by molar-refractivity contribution is 0.594. The second-order valence-corrected chi connectivity index (χ2v) is 8.01. The summed E-state index contributed by atoms with van der Waals surface area (Å²) in [7, 11) is -3.91. The molecule has 0 saturated carbocycles. The van der Waals surface area contributed by atoms with Gasteiger partial charge in [-0.2, -0.15) is 5.26 Å². The minimum Gasteiger partial charge on any atom is -0.277 e. The molecule has 7 heteroatoms. The summed E-state index contributed by atoms with van der Waals surface area (Å²) in [5.41, 5.74) is 2.31. The van der Waals surface area contributed by atoms with Crippen LogP contribution in [0.25, 0.3) is 11.1 Å². The summed E-state index contributed by atoms with van der Waals surface area (Å²) in [4.78, 5) is 0.0595. The lowest BCUT2D eigenvalue weighted by Crippen LogP contribution is -2.14. The normalized spacial score (nSPS) is 11.0. The standard InChI is InChI=1S/C20H15FN2O2S2/c1-13-11-14(7-8-15(13)12-22)17-9-10-18(19(21)20(17)26)23-27(24,25)16-5-3-2-4-6-16/h2-11,23,26H,1H3. The Bertz CT molecular complexity index is 1150. The molecular formula is C20H15FN2O2S2. The number of aryl methyl sites for hydroxylation is 1. The fourth-order valence-electron chi connectivity index (χ4n) is 2.64. The van der Waals surface area contributed by atoms with Crippen molar-refractivity contribution in [3.05, 3.63) is 77.6 Å². The van der Waals surface area contributed by atoms with Crippen LogP contribution in [-0.4, -0.2) is 8.42 Å². The Balaban J connectivity index is 1.99. The molecule has 0 heterocycles. The maximum absolute atomic E-state index is 14.8. The van der Waals surface area contributed by atoms with E-state index in [2.05, 4.69) is 23.4 Å². The first-order chi connectivity index (χ1) is 12.8. The summed E-state index contributed by atoms with van der Waals surface area (Å²) >= 11 is 4.24. The van der Waals surface area contributed by atoms with Gasteiger partial charge in [-0.1, -0.05) is 36.4 Å². The van der Waals surface area contributed by atoms with Crippen LogP contribution in [0.2, 0.25) is 0 Å². The average Bonchev–Trinajstić information content (AvgIpc) is 2.66. The SMILES string of the molecule is Cc1cc(-c2ccc(NS(=O)(=O)c3ccccc3)c(F)c2S)ccc1C#N. The zero-order valence-corrected chi connectivity index (χ0v) is 16.0. The van der Waals surface area contributed by atoms with Gasteiger partial charge in [-0.3, -0.25) is 4.72 Å². The molecule has 0 amide bonds. The molecule has 0 radical (unpaired) electrons. The van der Waals surface area contributed by atoms with Gasteiger partial charge in [0.1, 0.15) is 0 Å². The first-order valence-corrected chi connectivity index (χ1v) is 9.87. The molecule has 0 aromatic heterocycles. The van der Waals surface area contributed by atoms with Gasteiger partial charge in [0.2, 0.25) is 0 Å². The van der Waals surface area contributed by atoms with E-state index >= 15 is 0 Å². The number of rotatable bonds is 4. The molecule has 4 nitrogen and oxygen atoms in total. The van der Waals surface area contributed by atoms with E-state index in [9.17, 15) is 12.8 Å². The Hall–Kier alpha value is -2.82. The molecule has 3 aromatic rings. The topological polar surface area (TPSA) is 70.0 Å². The number of hydrogen-bond donors (Lipinski definition) is 2. The Kier molecular flexibility index (Phi) is 5.22. The number of hydrogen-bond acceptors (Lipinski definition) is 4. The van der Waals surface area contributed by atoms with Crippen molar-refractivity contribution in [2.75, 3.05) is 4.72 Å². The maximum atomic E-state index is 14.8. The van der Waals surface area contributed by atoms with E-state index in [1.54, 1.807) is 49.4 Å². The highest BCUT2D eigenvalue weighted by Gasteiger charge is 2.19. The highest BCUT2D eigenvalue weighted by molar-refractivity contribution is 7.92. The third-order valence-electron chi connectivity index (χ3n) is 4.07. The van der Waals surface area contributed by atoms with Crippen molar-refractivity contribution in [1.82, 2.24) is 0 Å². The van der Waals surface area contributed by atoms with E-state index in [0.29, 0.717) is 16.7 Å². The predicted molar refractivity (Wildman–Crippen MR) is 106 cm³/mol. The van der Waals surface area contributed by atoms with E-state index in [-0.39, 0.29) is 15.5 Å². The molecule has 0 aliphatic rings. The summed E-state index contributed by atoms with van der Waals surface area (Å²) in [6.07, 6.45) is 0. The third-order valence-corrected chi connectivity index (χ3v) is 5.89. The average molecular weight is 398 g/mol. The number of thiol groups is 1. The van der Waals surface area contributed by atoms with Crippen molar-refractivity contribution < 1.29 is 12.8 Å². The van der Waals surface area contributed by atoms with Crippen molar-refractivity contribution >= 4 is 28.3 Å². The van der Waals surface area contributed by atoms with Crippen LogP contribution in [-0.2, 0) is 10.0 Å². The number of benzene rings is 3. The summed E-state index contributed by atoms with van der Waals surface area (Å²) in [6.45, 7) is 1.79. The molecule has 0 bridgehead atoms. The third kappa shape index (κ3) is 3.82. The minimum absolute atomic E-state index is 0.0207. The van der Waals surface area contributed by atoms with Crippen molar-refractivity contribution in [3.63, 3.8) is 0 Å². The molecule has 27 heavy (non-hydrogen) atoms. The van der Waals surface area contributed by atoms with Crippen molar-refractivity contribution in [2.45, 2.75) is 16.7 Å². The largest absolute Gasteiger partial charge is 0.277 e. The van der Waals surface area contributed by atoms with Crippen LogP contribution in [0.3, 0.4) is 0 Å². The van der Waals surface area contributed by atoms with Crippen molar-refractivity contribution in [3.8, 4) is 17.2 Å². The zero-order chi connectivity index (χ0) is 19.6. The van der Waals surface area contributed by atoms with Crippen LogP contribution < -0.4 is 4.72 Å². The van der Waals surface area contributed by atoms with Gasteiger partial charge in [-0.15, -0.1) is 12.6 Å². The van der Waals surface area contributed by atoms with Gasteiger partial charge in [-0.05, 0) is 47.9 Å². The van der Waals surface area contributed by atoms with E-state index in [4.69, 9.17) is 5.26 Å². The van der Waals surface area contributed by atoms with Gasteiger partial charge in [0.15, 0.2) is 5.82 Å². The Morgan fingerprint density at radius 2 is 1.78 bits per heavy atom. The monoisotopic (exact) mass is 398 g/mol. The number of sulfonamides is 1. The summed E-state index contributed by atoms with van der Waals surface area (Å²) in [5, 5.41) is 9.03. The number of halogens is 1. The Morgan fingerprint density at radius 3 is 2.41 bits per heavy atom. The van der Waals surface area contributed by atoms with Gasteiger partial charge in [0.05, 0.1) is 22.2 Å². The zero-order valence-electron chi connectivity index (χ0n) is 14.3. The van der Waals surface area contributed by atoms with Crippen LogP contribution in [0.5, 0.6) is 0 Å². The van der Waals surface area contributed by atoms with Gasteiger partial charge >= 0.3 is 0 Å². The van der Waals surface area contributed by atoms with E-state index in [0.717, 1.165) is 5.56 Å². The molecule has 3 aromatic carbocycles. The number of nitrogens with zero attached hydrogens (tertiary/aromatic N) is 1. The van der Waals surface area contributed by atoms with E-state index in [1.165, 1.54) is 18.2 Å². The van der Waals surface area contributed by atoms with Crippen LogP contribution in [0.1, 0.15) is 11.1 Å². The second kappa shape index (κ2) is 7.43. The van der Waals surface area contributed by atoms with Crippen LogP contribution >= 0.6 is 12.6 Å². The van der Waals surface area contributed by atoms with Crippen molar-refractivity contribution in [1.29, 1.82) is 5.26 Å². The molecule has 0 spiro atoms. The summed E-state index contributed by atoms with van der Waals surface area (Å²) in [5.74, 6) is -0.766. The van der Waals surface area contributed by atoms with E-state index in [1.807, 2.05) is 0 Å². The minimum atomic E-state index is -3.91. The van der Waals surface area contributed by atoms with Gasteiger partial charge in [0, 0.05) is 4.90 Å². The maximum Gasteiger partial charge on any atom is 0.261 e. The fourth-order valence-corrected chi connectivity index (χ4v) is 4.04. The quantitative estimate of drug-likeness (QED) is 0.623. The molecule has 0 aliphatic carbocycles. The second-order valence-electron chi connectivity index (χ2n) is 5.88. The van der Waals surface area contributed by atoms with Gasteiger partial charge in [-0.25, -0.2) is 12.8 Å². The smallest absolute Gasteiger partial charge is 0.261 e. The molecular weight excluding hydrogens is 383 g/mol. The first kappa shape index (κ1) is 19.0. The Morgan fingerprint density at radius 1 is 1.07 bits per heavy atom. The molecule has 136 valence electrons. The highest BCUT2D eigenvalue weighted by atomic mass is 32.2. The van der Waals surface area contributed by atoms with E-state index < -0.39 is 15.8 Å². The molecule has 0 aliphatic heterocycles. The number of anilines is 1. The summed E-state index contributed by atoms with van der Waals surface area (Å²) in [6, 6.07) is 17.9. The number of nitriles is 1. The molecule has 3 rings (SSSR count). The van der Waals surface area contributed by atoms with Crippen LogP contribution in [0.4, 0.5) is 10.1 Å². The first-order valence-electron chi connectivity index (χ1n) is 7.94. The lowest BCUT2D eigenvalue weighted by atomic mass is 10.00. The van der Waals surface area contributed by atoms with Crippen molar-refractivity contribution in [2.24, 2.45) is 0 Å². The Labute approximate surface area is 162 Å². The van der Waals surface area contributed by atoms with Crippen LogP contribution in [0.15, 0.2) is 70.5 Å². The van der Waals surface area contributed by atoms with Crippen LogP contribution in [0, 0.1) is 24.1 Å². The molecule has 0 unspecified atom stereocenters. The molecule has 0 fully saturated rings. The predicted octanol–water partition coefficient (Wildman–Crippen LogP) is 4.76. The molecule has 1 N–H and O–H groups in total. The van der Waals surface area contributed by atoms with Gasteiger partial charge in [0.25, 0.3) is 10.0 Å². The molecule has 0 atom stereocenters. The number of nitrogens with one attached hydrogen (secondary N) is 1. The highest BCUT2D eigenvalue weighted by Crippen LogP contribution is 2.34. The summed E-state index contributed by atoms with van der Waals surface area (Å²) < 4.78 is 41.8. The van der Waals surface area contributed by atoms with Gasteiger partial charge < -0.3 is 0 Å².